The van der Waals surface area contributed by atoms with Gasteiger partial charge in [-0.1, -0.05) is 13.3 Å². The molecule has 0 saturated carbocycles. The molecular formula is C12H24N2O3. The average Bonchev–Trinajstić information content (AvgIpc) is 2.27. The summed E-state index contributed by atoms with van der Waals surface area (Å²) in [6.07, 6.45) is 2.80. The zero-order chi connectivity index (χ0) is 13.1. The van der Waals surface area contributed by atoms with E-state index in [0.717, 1.165) is 25.9 Å². The van der Waals surface area contributed by atoms with Crippen LogP contribution in [0.2, 0.25) is 0 Å². The normalized spacial score (nSPS) is 10.5. The Kier molecular flexibility index (Phi) is 9.43. The number of hydrogen-bond acceptors (Lipinski definition) is 3. The maximum absolute atomic E-state index is 11.4. The van der Waals surface area contributed by atoms with Crippen LogP contribution in [0.4, 0.5) is 0 Å². The van der Waals surface area contributed by atoms with Gasteiger partial charge in [0.2, 0.25) is 5.91 Å². The Bertz CT molecular complexity index is 232. The maximum Gasteiger partial charge on any atom is 0.303 e. The van der Waals surface area contributed by atoms with Gasteiger partial charge in [0, 0.05) is 13.0 Å². The molecule has 5 nitrogen and oxygen atoms in total. The van der Waals surface area contributed by atoms with Gasteiger partial charge in [0.15, 0.2) is 0 Å². The molecule has 0 bridgehead atoms. The first kappa shape index (κ1) is 15.9. The molecule has 2 N–H and O–H groups in total. The molecule has 0 aliphatic carbocycles. The van der Waals surface area contributed by atoms with E-state index in [0.29, 0.717) is 19.5 Å². The molecule has 0 radical (unpaired) electrons. The van der Waals surface area contributed by atoms with E-state index in [1.54, 1.807) is 0 Å². The SMILES string of the molecule is CCNC(=O)CN(CC)CCCCCC(=O)O. The van der Waals surface area contributed by atoms with E-state index in [2.05, 4.69) is 10.2 Å². The molecule has 0 aromatic heterocycles. The third-order valence-corrected chi connectivity index (χ3v) is 2.55. The van der Waals surface area contributed by atoms with E-state index in [4.69, 9.17) is 5.11 Å². The van der Waals surface area contributed by atoms with E-state index < -0.39 is 5.97 Å². The molecule has 100 valence electrons. The van der Waals surface area contributed by atoms with Crippen molar-refractivity contribution in [1.29, 1.82) is 0 Å². The molecule has 0 fully saturated rings. The lowest BCUT2D eigenvalue weighted by molar-refractivity contribution is -0.137. The number of carboxylic acids is 1. The predicted molar refractivity (Wildman–Crippen MR) is 66.9 cm³/mol. The lowest BCUT2D eigenvalue weighted by Crippen LogP contribution is -2.37. The summed E-state index contributed by atoms with van der Waals surface area (Å²) in [6.45, 7) is 6.72. The minimum atomic E-state index is -0.736. The molecule has 17 heavy (non-hydrogen) atoms. The Hall–Kier alpha value is -1.10. The van der Waals surface area contributed by atoms with Gasteiger partial charge in [0.1, 0.15) is 0 Å². The van der Waals surface area contributed by atoms with Crippen LogP contribution in [0, 0.1) is 0 Å². The molecule has 0 heterocycles. The van der Waals surface area contributed by atoms with E-state index in [1.165, 1.54) is 0 Å². The molecule has 0 aromatic carbocycles. The van der Waals surface area contributed by atoms with Crippen molar-refractivity contribution in [3.05, 3.63) is 0 Å². The third kappa shape index (κ3) is 9.81. The number of aliphatic carboxylic acids is 1. The summed E-state index contributed by atoms with van der Waals surface area (Å²) < 4.78 is 0. The van der Waals surface area contributed by atoms with Crippen molar-refractivity contribution in [3.8, 4) is 0 Å². The Morgan fingerprint density at radius 2 is 1.88 bits per heavy atom. The van der Waals surface area contributed by atoms with Crippen LogP contribution in [0.1, 0.15) is 39.5 Å². The second-order valence-corrected chi connectivity index (χ2v) is 4.03. The Morgan fingerprint density at radius 3 is 2.41 bits per heavy atom. The van der Waals surface area contributed by atoms with Crippen LogP contribution in [0.25, 0.3) is 0 Å². The number of rotatable bonds is 10. The fourth-order valence-electron chi connectivity index (χ4n) is 1.59. The van der Waals surface area contributed by atoms with Crippen molar-refractivity contribution in [1.82, 2.24) is 10.2 Å². The zero-order valence-electron chi connectivity index (χ0n) is 10.9. The van der Waals surface area contributed by atoms with Crippen molar-refractivity contribution in [2.75, 3.05) is 26.2 Å². The lowest BCUT2D eigenvalue weighted by Gasteiger charge is -2.19. The standard InChI is InChI=1S/C12H24N2O3/c1-3-13-11(15)10-14(4-2)9-7-5-6-8-12(16)17/h3-10H2,1-2H3,(H,13,15)(H,16,17). The monoisotopic (exact) mass is 244 g/mol. The van der Waals surface area contributed by atoms with Crippen molar-refractivity contribution in [3.63, 3.8) is 0 Å². The third-order valence-electron chi connectivity index (χ3n) is 2.55. The molecule has 5 heteroatoms. The number of likely N-dealkylation sites (N-methyl/N-ethyl adjacent to an activating group) is 2. The minimum absolute atomic E-state index is 0.0554. The number of carboxylic acid groups (broad SMARTS) is 1. The molecule has 0 atom stereocenters. The van der Waals surface area contributed by atoms with Gasteiger partial charge in [-0.2, -0.15) is 0 Å². The molecule has 0 saturated heterocycles. The second kappa shape index (κ2) is 10.1. The summed E-state index contributed by atoms with van der Waals surface area (Å²) in [7, 11) is 0. The smallest absolute Gasteiger partial charge is 0.303 e. The van der Waals surface area contributed by atoms with Gasteiger partial charge in [0.05, 0.1) is 6.54 Å². The van der Waals surface area contributed by atoms with Crippen LogP contribution in [-0.2, 0) is 9.59 Å². The van der Waals surface area contributed by atoms with Crippen molar-refractivity contribution in [2.24, 2.45) is 0 Å². The fourth-order valence-corrected chi connectivity index (χ4v) is 1.59. The van der Waals surface area contributed by atoms with Gasteiger partial charge in [-0.3, -0.25) is 14.5 Å². The zero-order valence-corrected chi connectivity index (χ0v) is 10.9. The topological polar surface area (TPSA) is 69.6 Å². The predicted octanol–water partition coefficient (Wildman–Crippen LogP) is 1.09. The number of nitrogens with zero attached hydrogens (tertiary/aromatic N) is 1. The van der Waals surface area contributed by atoms with Crippen LogP contribution in [0.5, 0.6) is 0 Å². The molecule has 0 aliphatic heterocycles. The molecule has 0 unspecified atom stereocenters. The van der Waals surface area contributed by atoms with E-state index >= 15 is 0 Å². The Balaban J connectivity index is 3.60. The highest BCUT2D eigenvalue weighted by atomic mass is 16.4. The second-order valence-electron chi connectivity index (χ2n) is 4.03. The van der Waals surface area contributed by atoms with Crippen LogP contribution in [-0.4, -0.2) is 48.1 Å². The molecule has 0 aromatic rings. The molecule has 1 amide bonds. The summed E-state index contributed by atoms with van der Waals surface area (Å²) in [4.78, 5) is 23.7. The van der Waals surface area contributed by atoms with E-state index in [-0.39, 0.29) is 12.3 Å². The van der Waals surface area contributed by atoms with Gasteiger partial charge in [0.25, 0.3) is 0 Å². The Labute approximate surface area is 103 Å². The quantitative estimate of drug-likeness (QED) is 0.564. The number of carbonyl (C=O) groups is 2. The van der Waals surface area contributed by atoms with Gasteiger partial charge < -0.3 is 10.4 Å². The van der Waals surface area contributed by atoms with E-state index in [1.807, 2.05) is 13.8 Å². The number of unbranched alkanes of at least 4 members (excludes halogenated alkanes) is 2. The van der Waals surface area contributed by atoms with Gasteiger partial charge in [-0.05, 0) is 32.9 Å². The first-order valence-electron chi connectivity index (χ1n) is 6.31. The van der Waals surface area contributed by atoms with E-state index in [9.17, 15) is 9.59 Å². The minimum Gasteiger partial charge on any atom is -0.481 e. The average molecular weight is 244 g/mol. The number of nitrogens with one attached hydrogen (secondary N) is 1. The van der Waals surface area contributed by atoms with Crippen LogP contribution in [0.3, 0.4) is 0 Å². The molecule has 0 spiro atoms. The summed E-state index contributed by atoms with van der Waals surface area (Å²) >= 11 is 0. The first-order valence-corrected chi connectivity index (χ1v) is 6.31. The summed E-state index contributed by atoms with van der Waals surface area (Å²) in [6, 6.07) is 0. The summed E-state index contributed by atoms with van der Waals surface area (Å²) in [5, 5.41) is 11.3. The van der Waals surface area contributed by atoms with Crippen molar-refractivity contribution < 1.29 is 14.7 Å². The van der Waals surface area contributed by atoms with Crippen LogP contribution >= 0.6 is 0 Å². The number of amides is 1. The number of carbonyl (C=O) groups excluding carboxylic acids is 1. The van der Waals surface area contributed by atoms with Crippen LogP contribution < -0.4 is 5.32 Å². The van der Waals surface area contributed by atoms with Gasteiger partial charge >= 0.3 is 5.97 Å². The molecule has 0 aliphatic rings. The highest BCUT2D eigenvalue weighted by Crippen LogP contribution is 2.01. The van der Waals surface area contributed by atoms with Gasteiger partial charge in [-0.15, -0.1) is 0 Å². The number of hydrogen-bond donors (Lipinski definition) is 2. The summed E-state index contributed by atoms with van der Waals surface area (Å²) in [5.74, 6) is -0.681. The highest BCUT2D eigenvalue weighted by Gasteiger charge is 2.07. The molecular weight excluding hydrogens is 220 g/mol. The molecule has 0 rings (SSSR count). The van der Waals surface area contributed by atoms with Crippen LogP contribution in [0.15, 0.2) is 0 Å². The summed E-state index contributed by atoms with van der Waals surface area (Å²) in [5.41, 5.74) is 0. The van der Waals surface area contributed by atoms with Gasteiger partial charge in [-0.25, -0.2) is 0 Å². The largest absolute Gasteiger partial charge is 0.481 e. The fraction of sp³-hybridized carbons (Fsp3) is 0.833. The Morgan fingerprint density at radius 1 is 1.18 bits per heavy atom. The first-order chi connectivity index (χ1) is 8.10. The lowest BCUT2D eigenvalue weighted by atomic mass is 10.2. The van der Waals surface area contributed by atoms with Crippen molar-refractivity contribution >= 4 is 11.9 Å². The van der Waals surface area contributed by atoms with Crippen molar-refractivity contribution in [2.45, 2.75) is 39.5 Å². The highest BCUT2D eigenvalue weighted by molar-refractivity contribution is 5.77. The maximum atomic E-state index is 11.4.